The lowest BCUT2D eigenvalue weighted by Crippen LogP contribution is -2.47. The molecule has 1 amide bonds. The van der Waals surface area contributed by atoms with Crippen molar-refractivity contribution < 1.29 is 28.1 Å². The van der Waals surface area contributed by atoms with Crippen LogP contribution in [0.5, 0.6) is 0 Å². The summed E-state index contributed by atoms with van der Waals surface area (Å²) in [5.41, 5.74) is 5.10. The zero-order chi connectivity index (χ0) is 26.6. The summed E-state index contributed by atoms with van der Waals surface area (Å²) in [6, 6.07) is 0. The van der Waals surface area contributed by atoms with Crippen molar-refractivity contribution in [2.45, 2.75) is 142 Å². The van der Waals surface area contributed by atoms with Crippen molar-refractivity contribution in [1.29, 1.82) is 0 Å². The Morgan fingerprint density at radius 2 is 1.44 bits per heavy atom. The van der Waals surface area contributed by atoms with Gasteiger partial charge in [-0.25, -0.2) is 0 Å². The topological polar surface area (TPSA) is 113 Å². The Morgan fingerprint density at radius 1 is 0.889 bits per heavy atom. The molecular weight excluding hydrogens is 478 g/mol. The first-order valence-corrected chi connectivity index (χ1v) is 15.9. The molecule has 1 fully saturated rings. The fraction of sp³-hybridized carbons (Fsp3) is 0.893. The molecule has 36 heavy (non-hydrogen) atoms. The van der Waals surface area contributed by atoms with Crippen molar-refractivity contribution in [3.05, 3.63) is 0 Å². The van der Waals surface area contributed by atoms with Crippen molar-refractivity contribution in [2.75, 3.05) is 11.5 Å². The fourth-order valence-corrected chi connectivity index (χ4v) is 5.66. The molecule has 0 aromatic rings. The number of esters is 2. The second-order valence-electron chi connectivity index (χ2n) is 10.2. The van der Waals surface area contributed by atoms with Crippen LogP contribution in [0.15, 0.2) is 0 Å². The van der Waals surface area contributed by atoms with Crippen LogP contribution in [0, 0.1) is 5.92 Å². The zero-order valence-electron chi connectivity index (χ0n) is 22.8. The van der Waals surface area contributed by atoms with Crippen LogP contribution in [0.25, 0.3) is 0 Å². The molecule has 8 heteroatoms. The van der Waals surface area contributed by atoms with Gasteiger partial charge in [0, 0.05) is 35.1 Å². The van der Waals surface area contributed by atoms with E-state index in [1.807, 2.05) is 0 Å². The predicted molar refractivity (Wildman–Crippen MR) is 145 cm³/mol. The molecule has 0 radical (unpaired) electrons. The normalized spacial score (nSPS) is 18.8. The standard InChI is InChI=1S/C28H51NO6S/c1-3-5-7-9-10-11-12-13-14-16-23(34-27(31)19-21-36(33)20-18-26(29)30)22-25-24(28(32)35-25)17-15-8-6-4-2/h23-25H,3-22H2,1-2H3,(H2,29,30)/t23-,24-,25-,36?/m0/s1. The Morgan fingerprint density at radius 3 is 2.03 bits per heavy atom. The van der Waals surface area contributed by atoms with Gasteiger partial charge in [0.1, 0.15) is 12.2 Å². The van der Waals surface area contributed by atoms with E-state index >= 15 is 0 Å². The maximum atomic E-state index is 12.5. The van der Waals surface area contributed by atoms with Crippen LogP contribution in [0.2, 0.25) is 0 Å². The number of amides is 1. The maximum absolute atomic E-state index is 12.5. The smallest absolute Gasteiger partial charge is 0.313 e. The number of primary amides is 1. The summed E-state index contributed by atoms with van der Waals surface area (Å²) >= 11 is 0. The highest BCUT2D eigenvalue weighted by atomic mass is 32.2. The first-order chi connectivity index (χ1) is 17.4. The third-order valence-electron chi connectivity index (χ3n) is 6.92. The molecule has 1 aliphatic rings. The summed E-state index contributed by atoms with van der Waals surface area (Å²) in [5, 5.41) is 0. The van der Waals surface area contributed by atoms with Gasteiger partial charge < -0.3 is 15.2 Å². The molecule has 1 aliphatic heterocycles. The van der Waals surface area contributed by atoms with Gasteiger partial charge >= 0.3 is 11.9 Å². The third-order valence-corrected chi connectivity index (χ3v) is 8.24. The Bertz CT molecular complexity index is 656. The highest BCUT2D eigenvalue weighted by molar-refractivity contribution is 7.85. The van der Waals surface area contributed by atoms with Crippen LogP contribution < -0.4 is 5.73 Å². The number of hydrogen-bond acceptors (Lipinski definition) is 6. The average molecular weight is 530 g/mol. The lowest BCUT2D eigenvalue weighted by atomic mass is 9.86. The quantitative estimate of drug-likeness (QED) is 0.126. The summed E-state index contributed by atoms with van der Waals surface area (Å²) in [5.74, 6) is -0.765. The van der Waals surface area contributed by atoms with Gasteiger partial charge in [0.25, 0.3) is 0 Å². The molecule has 210 valence electrons. The Balaban J connectivity index is 2.47. The van der Waals surface area contributed by atoms with E-state index < -0.39 is 16.7 Å². The summed E-state index contributed by atoms with van der Waals surface area (Å²) < 4.78 is 23.2. The first-order valence-electron chi connectivity index (χ1n) is 14.4. The number of carbonyl (C=O) groups excluding carboxylic acids is 3. The fourth-order valence-electron chi connectivity index (χ4n) is 4.63. The number of nitrogens with two attached hydrogens (primary N) is 1. The van der Waals surface area contributed by atoms with E-state index in [-0.39, 0.29) is 54.4 Å². The molecule has 1 rings (SSSR count). The van der Waals surface area contributed by atoms with E-state index in [0.717, 1.165) is 44.9 Å². The van der Waals surface area contributed by atoms with Gasteiger partial charge in [-0.05, 0) is 19.3 Å². The van der Waals surface area contributed by atoms with E-state index in [0.29, 0.717) is 6.42 Å². The summed E-state index contributed by atoms with van der Waals surface area (Å²) in [7, 11) is -1.28. The van der Waals surface area contributed by atoms with Crippen molar-refractivity contribution in [3.8, 4) is 0 Å². The molecule has 0 aromatic heterocycles. The Labute approximate surface area is 221 Å². The zero-order valence-corrected chi connectivity index (χ0v) is 23.6. The molecule has 1 heterocycles. The largest absolute Gasteiger partial charge is 0.462 e. The molecule has 0 spiro atoms. The monoisotopic (exact) mass is 529 g/mol. The van der Waals surface area contributed by atoms with Crippen molar-refractivity contribution in [1.82, 2.24) is 0 Å². The lowest BCUT2D eigenvalue weighted by molar-refractivity contribution is -0.190. The second-order valence-corrected chi connectivity index (χ2v) is 11.9. The van der Waals surface area contributed by atoms with Gasteiger partial charge in [0.05, 0.1) is 12.3 Å². The predicted octanol–water partition coefficient (Wildman–Crippen LogP) is 5.74. The molecule has 1 unspecified atom stereocenters. The van der Waals surface area contributed by atoms with Gasteiger partial charge in [0.2, 0.25) is 5.91 Å². The van der Waals surface area contributed by atoms with Crippen molar-refractivity contribution >= 4 is 28.6 Å². The molecule has 0 saturated carbocycles. The van der Waals surface area contributed by atoms with E-state index in [2.05, 4.69) is 13.8 Å². The van der Waals surface area contributed by atoms with Crippen LogP contribution in [0.3, 0.4) is 0 Å². The molecule has 0 bridgehead atoms. The average Bonchev–Trinajstić information content (AvgIpc) is 2.84. The SMILES string of the molecule is CCCCCCCCCCC[C@@H](C[C@@H]1OC(=O)[C@H]1CCCCCC)OC(=O)CCS(=O)CCC(N)=O. The van der Waals surface area contributed by atoms with Crippen LogP contribution in [-0.4, -0.2) is 45.8 Å². The minimum atomic E-state index is -1.28. The highest BCUT2D eigenvalue weighted by Crippen LogP contribution is 2.32. The van der Waals surface area contributed by atoms with Gasteiger partial charge in [-0.2, -0.15) is 0 Å². The van der Waals surface area contributed by atoms with Crippen molar-refractivity contribution in [2.24, 2.45) is 11.7 Å². The minimum absolute atomic E-state index is 0.0462. The first kappa shape index (κ1) is 32.6. The molecule has 0 aliphatic carbocycles. The van der Waals surface area contributed by atoms with Gasteiger partial charge in [-0.15, -0.1) is 0 Å². The van der Waals surface area contributed by atoms with Crippen molar-refractivity contribution in [3.63, 3.8) is 0 Å². The van der Waals surface area contributed by atoms with E-state index in [1.165, 1.54) is 51.4 Å². The molecule has 1 saturated heterocycles. The minimum Gasteiger partial charge on any atom is -0.462 e. The summed E-state index contributed by atoms with van der Waals surface area (Å²) in [4.78, 5) is 35.4. The second kappa shape index (κ2) is 20.6. The summed E-state index contributed by atoms with van der Waals surface area (Å²) in [6.07, 6.45) is 17.2. The van der Waals surface area contributed by atoms with E-state index in [9.17, 15) is 18.6 Å². The van der Waals surface area contributed by atoms with Gasteiger partial charge in [0.15, 0.2) is 0 Å². The third kappa shape index (κ3) is 15.6. The molecule has 2 N–H and O–H groups in total. The number of carbonyl (C=O) groups is 3. The number of hydrogen-bond donors (Lipinski definition) is 1. The lowest BCUT2D eigenvalue weighted by Gasteiger charge is -2.37. The van der Waals surface area contributed by atoms with E-state index in [4.69, 9.17) is 15.2 Å². The Kier molecular flexibility index (Phi) is 18.6. The number of unbranched alkanes of at least 4 members (excludes halogenated alkanes) is 11. The number of cyclic esters (lactones) is 1. The molecule has 0 aromatic carbocycles. The highest BCUT2D eigenvalue weighted by Gasteiger charge is 2.43. The molecule has 7 nitrogen and oxygen atoms in total. The Hall–Kier alpha value is -1.44. The number of rotatable bonds is 24. The maximum Gasteiger partial charge on any atom is 0.313 e. The van der Waals surface area contributed by atoms with E-state index in [1.54, 1.807) is 0 Å². The van der Waals surface area contributed by atoms with Crippen LogP contribution in [0.1, 0.15) is 129 Å². The van der Waals surface area contributed by atoms with Gasteiger partial charge in [-0.3, -0.25) is 18.6 Å². The van der Waals surface area contributed by atoms with Crippen LogP contribution >= 0.6 is 0 Å². The summed E-state index contributed by atoms with van der Waals surface area (Å²) in [6.45, 7) is 4.39. The van der Waals surface area contributed by atoms with Crippen LogP contribution in [-0.2, 0) is 34.7 Å². The molecule has 4 atom stereocenters. The molecular formula is C28H51NO6S. The van der Waals surface area contributed by atoms with Crippen LogP contribution in [0.4, 0.5) is 0 Å². The number of ether oxygens (including phenoxy) is 2. The van der Waals surface area contributed by atoms with Gasteiger partial charge in [-0.1, -0.05) is 90.9 Å².